The van der Waals surface area contributed by atoms with Crippen LogP contribution in [0.25, 0.3) is 21.5 Å². The Balaban J connectivity index is 2.00. The molecule has 0 spiro atoms. The largest absolute Gasteiger partial charge is 0.513 e. The van der Waals surface area contributed by atoms with E-state index >= 15 is 0 Å². The van der Waals surface area contributed by atoms with E-state index in [1.165, 1.54) is 0 Å². The first-order valence-electron chi connectivity index (χ1n) is 10.9. The quantitative estimate of drug-likeness (QED) is 0.119. The third kappa shape index (κ3) is 6.13. The minimum Gasteiger partial charge on any atom is -0.434 e. The molecule has 0 bridgehead atoms. The molecule has 0 saturated heterocycles. The number of aryl methyl sites for hydroxylation is 1. The summed E-state index contributed by atoms with van der Waals surface area (Å²) in [7, 11) is 0. The van der Waals surface area contributed by atoms with Crippen molar-refractivity contribution in [1.82, 2.24) is 0 Å². The SMILES string of the molecule is C/C=C/CCOC(=O)Oc1c2ccccc2c(OC(=O)OCC/C=C/C)c2cc(C)ccc12. The lowest BCUT2D eigenvalue weighted by Crippen LogP contribution is -2.13. The number of ether oxygens (including phenoxy) is 4. The van der Waals surface area contributed by atoms with Crippen molar-refractivity contribution < 1.29 is 28.5 Å². The lowest BCUT2D eigenvalue weighted by molar-refractivity contribution is 0.0999. The lowest BCUT2D eigenvalue weighted by atomic mass is 9.99. The Morgan fingerprint density at radius 2 is 1.21 bits per heavy atom. The van der Waals surface area contributed by atoms with Crippen molar-refractivity contribution in [2.24, 2.45) is 0 Å². The summed E-state index contributed by atoms with van der Waals surface area (Å²) in [6.45, 7) is 6.18. The van der Waals surface area contributed by atoms with Crippen LogP contribution in [0.5, 0.6) is 11.5 Å². The minimum atomic E-state index is -0.788. The highest BCUT2D eigenvalue weighted by Gasteiger charge is 2.21. The van der Waals surface area contributed by atoms with Gasteiger partial charge in [0.25, 0.3) is 0 Å². The molecule has 0 aliphatic carbocycles. The van der Waals surface area contributed by atoms with Crippen molar-refractivity contribution in [2.75, 3.05) is 13.2 Å². The van der Waals surface area contributed by atoms with Gasteiger partial charge in [0.15, 0.2) is 0 Å². The van der Waals surface area contributed by atoms with Gasteiger partial charge < -0.3 is 18.9 Å². The van der Waals surface area contributed by atoms with E-state index in [9.17, 15) is 9.59 Å². The third-order valence-corrected chi connectivity index (χ3v) is 4.93. The molecule has 33 heavy (non-hydrogen) atoms. The fraction of sp³-hybridized carbons (Fsp3) is 0.259. The van der Waals surface area contributed by atoms with Crippen LogP contribution in [-0.2, 0) is 9.47 Å². The Hall–Kier alpha value is -3.80. The zero-order valence-corrected chi connectivity index (χ0v) is 19.1. The van der Waals surface area contributed by atoms with Gasteiger partial charge in [-0.2, -0.15) is 0 Å². The predicted molar refractivity (Wildman–Crippen MR) is 129 cm³/mol. The first kappa shape index (κ1) is 23.9. The van der Waals surface area contributed by atoms with Gasteiger partial charge in [0.2, 0.25) is 0 Å². The van der Waals surface area contributed by atoms with Gasteiger partial charge in [0.05, 0.1) is 13.2 Å². The van der Waals surface area contributed by atoms with Crippen LogP contribution in [0.2, 0.25) is 0 Å². The first-order chi connectivity index (χ1) is 16.0. The molecule has 6 nitrogen and oxygen atoms in total. The Morgan fingerprint density at radius 3 is 1.73 bits per heavy atom. The maximum atomic E-state index is 12.4. The molecule has 3 aromatic rings. The molecular formula is C27H28O6. The smallest absolute Gasteiger partial charge is 0.434 e. The third-order valence-electron chi connectivity index (χ3n) is 4.93. The van der Waals surface area contributed by atoms with Crippen LogP contribution in [0.15, 0.2) is 66.8 Å². The highest BCUT2D eigenvalue weighted by Crippen LogP contribution is 2.43. The molecule has 3 aromatic carbocycles. The van der Waals surface area contributed by atoms with Gasteiger partial charge in [-0.15, -0.1) is 0 Å². The Labute approximate surface area is 193 Å². The average Bonchev–Trinajstić information content (AvgIpc) is 2.81. The van der Waals surface area contributed by atoms with E-state index < -0.39 is 12.3 Å². The zero-order valence-electron chi connectivity index (χ0n) is 19.1. The number of carbonyl (C=O) groups excluding carboxylic acids is 2. The van der Waals surface area contributed by atoms with E-state index in [2.05, 4.69) is 0 Å². The molecule has 6 heteroatoms. The van der Waals surface area contributed by atoms with Gasteiger partial charge in [0, 0.05) is 21.5 Å². The van der Waals surface area contributed by atoms with Gasteiger partial charge >= 0.3 is 12.3 Å². The monoisotopic (exact) mass is 448 g/mol. The van der Waals surface area contributed by atoms with E-state index in [1.807, 2.05) is 81.5 Å². The number of fused-ring (bicyclic) bond motifs is 2. The van der Waals surface area contributed by atoms with E-state index in [0.29, 0.717) is 45.9 Å². The fourth-order valence-corrected chi connectivity index (χ4v) is 3.41. The summed E-state index contributed by atoms with van der Waals surface area (Å²) in [4.78, 5) is 24.8. The molecule has 0 amide bonds. The molecule has 0 unspecified atom stereocenters. The van der Waals surface area contributed by atoms with E-state index in [0.717, 1.165) is 5.56 Å². The molecular weight excluding hydrogens is 420 g/mol. The maximum Gasteiger partial charge on any atom is 0.513 e. The summed E-state index contributed by atoms with van der Waals surface area (Å²) in [6.07, 6.45) is 7.23. The molecule has 0 aliphatic heterocycles. The lowest BCUT2D eigenvalue weighted by Gasteiger charge is -2.16. The summed E-state index contributed by atoms with van der Waals surface area (Å²) in [6, 6.07) is 12.9. The molecule has 0 N–H and O–H groups in total. The van der Waals surface area contributed by atoms with Gasteiger partial charge in [-0.3, -0.25) is 0 Å². The predicted octanol–water partition coefficient (Wildman–Crippen LogP) is 7.26. The second-order valence-corrected chi connectivity index (χ2v) is 7.37. The summed E-state index contributed by atoms with van der Waals surface area (Å²) in [5, 5.41) is 2.51. The number of benzene rings is 3. The second kappa shape index (κ2) is 11.7. The van der Waals surface area contributed by atoms with E-state index in [4.69, 9.17) is 18.9 Å². The summed E-state index contributed by atoms with van der Waals surface area (Å²) >= 11 is 0. The highest BCUT2D eigenvalue weighted by molar-refractivity contribution is 6.12. The molecule has 0 saturated carbocycles. The first-order valence-corrected chi connectivity index (χ1v) is 10.9. The van der Waals surface area contributed by atoms with Gasteiger partial charge in [-0.05, 0) is 39.7 Å². The van der Waals surface area contributed by atoms with Crippen LogP contribution in [0, 0.1) is 6.92 Å². The maximum absolute atomic E-state index is 12.4. The summed E-state index contributed by atoms with van der Waals surface area (Å²) in [5.74, 6) is 0.708. The van der Waals surface area contributed by atoms with Crippen LogP contribution >= 0.6 is 0 Å². The summed E-state index contributed by atoms with van der Waals surface area (Å²) < 4.78 is 21.7. The molecule has 0 aliphatic rings. The van der Waals surface area contributed by atoms with Crippen molar-refractivity contribution >= 4 is 33.9 Å². The van der Waals surface area contributed by atoms with Crippen LogP contribution in [0.3, 0.4) is 0 Å². The van der Waals surface area contributed by atoms with E-state index in [1.54, 1.807) is 6.07 Å². The molecule has 0 radical (unpaired) electrons. The fourth-order valence-electron chi connectivity index (χ4n) is 3.41. The Morgan fingerprint density at radius 1 is 0.727 bits per heavy atom. The molecule has 0 atom stereocenters. The van der Waals surface area contributed by atoms with E-state index in [-0.39, 0.29) is 13.2 Å². The minimum absolute atomic E-state index is 0.221. The topological polar surface area (TPSA) is 71.1 Å². The summed E-state index contributed by atoms with van der Waals surface area (Å²) in [5.41, 5.74) is 0.962. The Kier molecular flexibility index (Phi) is 8.47. The second-order valence-electron chi connectivity index (χ2n) is 7.37. The van der Waals surface area contributed by atoms with Crippen molar-refractivity contribution in [1.29, 1.82) is 0 Å². The zero-order chi connectivity index (χ0) is 23.6. The van der Waals surface area contributed by atoms with Crippen molar-refractivity contribution in [2.45, 2.75) is 33.6 Å². The van der Waals surface area contributed by atoms with Crippen LogP contribution < -0.4 is 9.47 Å². The van der Waals surface area contributed by atoms with Gasteiger partial charge in [0.1, 0.15) is 11.5 Å². The van der Waals surface area contributed by atoms with Gasteiger partial charge in [-0.1, -0.05) is 66.3 Å². The number of hydrogen-bond acceptors (Lipinski definition) is 6. The van der Waals surface area contributed by atoms with Crippen molar-refractivity contribution in [3.63, 3.8) is 0 Å². The Bertz CT molecular complexity index is 1190. The molecule has 0 aromatic heterocycles. The highest BCUT2D eigenvalue weighted by atomic mass is 16.7. The number of carbonyl (C=O) groups is 2. The molecule has 0 fully saturated rings. The van der Waals surface area contributed by atoms with Crippen LogP contribution in [-0.4, -0.2) is 25.5 Å². The van der Waals surface area contributed by atoms with Crippen LogP contribution in [0.1, 0.15) is 32.3 Å². The molecule has 0 heterocycles. The van der Waals surface area contributed by atoms with Crippen LogP contribution in [0.4, 0.5) is 9.59 Å². The normalized spacial score (nSPS) is 11.4. The van der Waals surface area contributed by atoms with Crippen molar-refractivity contribution in [3.8, 4) is 11.5 Å². The molecule has 172 valence electrons. The van der Waals surface area contributed by atoms with Gasteiger partial charge in [-0.25, -0.2) is 9.59 Å². The number of rotatable bonds is 8. The number of hydrogen-bond donors (Lipinski definition) is 0. The average molecular weight is 449 g/mol. The standard InChI is InChI=1S/C27H28O6/c1-4-6-10-16-30-26(28)32-24-20-12-8-9-13-21(20)25(23-18-19(3)14-15-22(23)24)33-27(29)31-17-11-7-5-2/h4-9,12-15,18H,10-11,16-17H2,1-3H3/b6-4+,7-5+. The van der Waals surface area contributed by atoms with Crippen molar-refractivity contribution in [3.05, 3.63) is 72.3 Å². The number of allylic oxidation sites excluding steroid dienone is 2. The molecule has 3 rings (SSSR count).